The highest BCUT2D eigenvalue weighted by atomic mass is 35.5. The van der Waals surface area contributed by atoms with Crippen LogP contribution in [0.4, 0.5) is 0 Å². The Morgan fingerprint density at radius 3 is 2.68 bits per heavy atom. The molecule has 104 valence electrons. The highest BCUT2D eigenvalue weighted by Gasteiger charge is 2.20. The Morgan fingerprint density at radius 2 is 2.16 bits per heavy atom. The van der Waals surface area contributed by atoms with Gasteiger partial charge in [0, 0.05) is 6.20 Å². The molecule has 0 aliphatic carbocycles. The van der Waals surface area contributed by atoms with Crippen LogP contribution in [-0.2, 0) is 9.59 Å². The van der Waals surface area contributed by atoms with Crippen molar-refractivity contribution >= 4 is 35.1 Å². The smallest absolute Gasteiger partial charge is 0.231 e. The summed E-state index contributed by atoms with van der Waals surface area (Å²) in [6.07, 6.45) is 1.62. The van der Waals surface area contributed by atoms with Crippen molar-refractivity contribution in [1.29, 1.82) is 0 Å². The third-order valence-corrected chi connectivity index (χ3v) is 3.91. The second-order valence-electron chi connectivity index (χ2n) is 4.48. The van der Waals surface area contributed by atoms with Crippen molar-refractivity contribution in [3.05, 3.63) is 23.4 Å². The van der Waals surface area contributed by atoms with Crippen molar-refractivity contribution in [3.8, 4) is 0 Å². The van der Waals surface area contributed by atoms with Crippen molar-refractivity contribution in [2.24, 2.45) is 5.92 Å². The van der Waals surface area contributed by atoms with Crippen LogP contribution in [0.2, 0.25) is 5.02 Å². The number of halogens is 1. The second kappa shape index (κ2) is 7.50. The fraction of sp³-hybridized carbons (Fsp3) is 0.462. The van der Waals surface area contributed by atoms with Crippen LogP contribution in [0, 0.1) is 5.92 Å². The number of rotatable bonds is 6. The van der Waals surface area contributed by atoms with Crippen molar-refractivity contribution in [2.75, 3.05) is 5.75 Å². The number of amides is 1. The predicted molar refractivity (Wildman–Crippen MR) is 77.4 cm³/mol. The van der Waals surface area contributed by atoms with Crippen molar-refractivity contribution < 1.29 is 9.59 Å². The molecule has 0 fully saturated rings. The van der Waals surface area contributed by atoms with Gasteiger partial charge in [-0.15, -0.1) is 0 Å². The lowest BCUT2D eigenvalue weighted by Gasteiger charge is -2.19. The maximum atomic E-state index is 11.8. The lowest BCUT2D eigenvalue weighted by Crippen LogP contribution is -2.44. The van der Waals surface area contributed by atoms with E-state index in [1.807, 2.05) is 13.8 Å². The molecule has 0 spiro atoms. The number of pyridine rings is 1. The molecule has 0 bridgehead atoms. The Morgan fingerprint density at radius 1 is 1.47 bits per heavy atom. The summed E-state index contributed by atoms with van der Waals surface area (Å²) < 4.78 is 0. The number of nitrogens with zero attached hydrogens (tertiary/aromatic N) is 1. The molecule has 19 heavy (non-hydrogen) atoms. The van der Waals surface area contributed by atoms with Gasteiger partial charge < -0.3 is 5.32 Å². The molecule has 0 radical (unpaired) electrons. The van der Waals surface area contributed by atoms with E-state index in [0.29, 0.717) is 10.0 Å². The summed E-state index contributed by atoms with van der Waals surface area (Å²) in [5.41, 5.74) is 0. The van der Waals surface area contributed by atoms with E-state index >= 15 is 0 Å². The zero-order valence-corrected chi connectivity index (χ0v) is 12.7. The van der Waals surface area contributed by atoms with Crippen LogP contribution in [0.15, 0.2) is 23.4 Å². The van der Waals surface area contributed by atoms with E-state index < -0.39 is 6.04 Å². The maximum absolute atomic E-state index is 11.8. The zero-order valence-electron chi connectivity index (χ0n) is 11.1. The molecule has 1 unspecified atom stereocenters. The van der Waals surface area contributed by atoms with Gasteiger partial charge in [-0.05, 0) is 25.0 Å². The van der Waals surface area contributed by atoms with Crippen LogP contribution in [0.1, 0.15) is 20.8 Å². The SMILES string of the molecule is CC(=O)C(NC(=O)CSc1ncccc1Cl)C(C)C. The maximum Gasteiger partial charge on any atom is 0.231 e. The molecule has 0 aliphatic heterocycles. The number of carbonyl (C=O) groups excluding carboxylic acids is 2. The molecule has 0 aliphatic rings. The highest BCUT2D eigenvalue weighted by molar-refractivity contribution is 8.00. The summed E-state index contributed by atoms with van der Waals surface area (Å²) >= 11 is 7.20. The Bertz CT molecular complexity index is 466. The minimum Gasteiger partial charge on any atom is -0.345 e. The normalized spacial score (nSPS) is 12.3. The molecule has 0 saturated carbocycles. The molecule has 0 aromatic carbocycles. The fourth-order valence-electron chi connectivity index (χ4n) is 1.56. The third-order valence-electron chi connectivity index (χ3n) is 2.49. The highest BCUT2D eigenvalue weighted by Crippen LogP contribution is 2.23. The average molecular weight is 301 g/mol. The number of Topliss-reactive ketones (excluding diaryl/α,β-unsaturated/α-hetero) is 1. The van der Waals surface area contributed by atoms with Gasteiger partial charge in [0.1, 0.15) is 5.03 Å². The fourth-order valence-corrected chi connectivity index (χ4v) is 2.54. The van der Waals surface area contributed by atoms with Crippen LogP contribution in [-0.4, -0.2) is 28.5 Å². The van der Waals surface area contributed by atoms with Crippen LogP contribution in [0.25, 0.3) is 0 Å². The molecule has 1 atom stereocenters. The standard InChI is InChI=1S/C13H17ClN2O2S/c1-8(2)12(9(3)17)16-11(18)7-19-13-10(14)5-4-6-15-13/h4-6,8,12H,7H2,1-3H3,(H,16,18). The number of ketones is 1. The Labute approximate surface area is 122 Å². The first-order chi connectivity index (χ1) is 8.91. The van der Waals surface area contributed by atoms with Crippen LogP contribution < -0.4 is 5.32 Å². The summed E-state index contributed by atoms with van der Waals surface area (Å²) in [5, 5.41) is 3.86. The van der Waals surface area contributed by atoms with Gasteiger partial charge in [0.05, 0.1) is 16.8 Å². The molecule has 4 nitrogen and oxygen atoms in total. The topological polar surface area (TPSA) is 59.1 Å². The van der Waals surface area contributed by atoms with E-state index in [1.165, 1.54) is 18.7 Å². The van der Waals surface area contributed by atoms with Crippen molar-refractivity contribution in [3.63, 3.8) is 0 Å². The molecule has 1 amide bonds. The third kappa shape index (κ3) is 5.20. The summed E-state index contributed by atoms with van der Waals surface area (Å²) in [6, 6.07) is 3.02. The summed E-state index contributed by atoms with van der Waals surface area (Å²) in [5.74, 6) is 0.0301. The predicted octanol–water partition coefficient (Wildman–Crippen LogP) is 2.56. The molecule has 1 N–H and O–H groups in total. The lowest BCUT2D eigenvalue weighted by atomic mass is 10.0. The lowest BCUT2D eigenvalue weighted by molar-refractivity contribution is -0.126. The minimum atomic E-state index is -0.438. The van der Waals surface area contributed by atoms with Gasteiger partial charge in [0.25, 0.3) is 0 Å². The van der Waals surface area contributed by atoms with E-state index in [9.17, 15) is 9.59 Å². The molecule has 1 aromatic heterocycles. The van der Waals surface area contributed by atoms with Gasteiger partial charge in [0.2, 0.25) is 5.91 Å². The van der Waals surface area contributed by atoms with E-state index in [4.69, 9.17) is 11.6 Å². The molecular formula is C13H17ClN2O2S. The van der Waals surface area contributed by atoms with Gasteiger partial charge in [-0.2, -0.15) is 0 Å². The molecule has 1 heterocycles. The largest absolute Gasteiger partial charge is 0.345 e. The van der Waals surface area contributed by atoms with E-state index in [0.717, 1.165) is 0 Å². The number of carbonyl (C=O) groups is 2. The monoisotopic (exact) mass is 300 g/mol. The van der Waals surface area contributed by atoms with Gasteiger partial charge in [-0.1, -0.05) is 37.2 Å². The van der Waals surface area contributed by atoms with Gasteiger partial charge >= 0.3 is 0 Å². The molecule has 1 aromatic rings. The van der Waals surface area contributed by atoms with Crippen LogP contribution in [0.3, 0.4) is 0 Å². The van der Waals surface area contributed by atoms with E-state index in [-0.39, 0.29) is 23.4 Å². The zero-order chi connectivity index (χ0) is 14.4. The first kappa shape index (κ1) is 16.0. The molecular weight excluding hydrogens is 284 g/mol. The number of hydrogen-bond donors (Lipinski definition) is 1. The molecule has 6 heteroatoms. The Hall–Kier alpha value is -1.07. The summed E-state index contributed by atoms with van der Waals surface area (Å²) in [4.78, 5) is 27.3. The number of nitrogens with one attached hydrogen (secondary N) is 1. The van der Waals surface area contributed by atoms with Gasteiger partial charge in [-0.25, -0.2) is 4.98 Å². The molecule has 1 rings (SSSR count). The quantitative estimate of drug-likeness (QED) is 0.820. The summed E-state index contributed by atoms with van der Waals surface area (Å²) in [6.45, 7) is 5.28. The van der Waals surface area contributed by atoms with Crippen LogP contribution in [0.5, 0.6) is 0 Å². The number of thioether (sulfide) groups is 1. The van der Waals surface area contributed by atoms with Gasteiger partial charge in [-0.3, -0.25) is 9.59 Å². The Kier molecular flexibility index (Phi) is 6.31. The van der Waals surface area contributed by atoms with Crippen molar-refractivity contribution in [2.45, 2.75) is 31.8 Å². The van der Waals surface area contributed by atoms with E-state index in [1.54, 1.807) is 18.3 Å². The minimum absolute atomic E-state index is 0.0378. The van der Waals surface area contributed by atoms with E-state index in [2.05, 4.69) is 10.3 Å². The first-order valence-corrected chi connectivity index (χ1v) is 7.31. The van der Waals surface area contributed by atoms with Gasteiger partial charge in [0.15, 0.2) is 5.78 Å². The number of hydrogen-bond acceptors (Lipinski definition) is 4. The Balaban J connectivity index is 2.52. The molecule has 0 saturated heterocycles. The average Bonchev–Trinajstić information content (AvgIpc) is 2.34. The van der Waals surface area contributed by atoms with Crippen LogP contribution >= 0.6 is 23.4 Å². The summed E-state index contributed by atoms with van der Waals surface area (Å²) in [7, 11) is 0. The second-order valence-corrected chi connectivity index (χ2v) is 5.85. The number of aromatic nitrogens is 1. The van der Waals surface area contributed by atoms with Crippen molar-refractivity contribution in [1.82, 2.24) is 10.3 Å². The first-order valence-electron chi connectivity index (χ1n) is 5.95.